The van der Waals surface area contributed by atoms with E-state index >= 15 is 0 Å². The van der Waals surface area contributed by atoms with Gasteiger partial charge < -0.3 is 15.0 Å². The summed E-state index contributed by atoms with van der Waals surface area (Å²) in [5.41, 5.74) is 1.04. The van der Waals surface area contributed by atoms with Gasteiger partial charge in [0.2, 0.25) is 5.91 Å². The first-order chi connectivity index (χ1) is 10.7. The molecule has 22 heavy (non-hydrogen) atoms. The molecular formula is C17H23ClN2O2. The van der Waals surface area contributed by atoms with Crippen molar-refractivity contribution < 1.29 is 9.53 Å². The standard InChI is InChI=1S/C17H23ClN2O2/c1-19-9-12-3-2-6-20(10-12)17(21)14-7-13-8-15(18)4-5-16(13)22-11-14/h4-5,8,12,14,19H,2-3,6-7,9-11H2,1H3/t12-,14-/m1/s1. The van der Waals surface area contributed by atoms with Crippen LogP contribution in [-0.2, 0) is 11.2 Å². The molecule has 1 saturated heterocycles. The minimum Gasteiger partial charge on any atom is -0.492 e. The summed E-state index contributed by atoms with van der Waals surface area (Å²) >= 11 is 6.05. The van der Waals surface area contributed by atoms with E-state index in [2.05, 4.69) is 5.32 Å². The molecule has 0 unspecified atom stereocenters. The number of nitrogens with zero attached hydrogens (tertiary/aromatic N) is 1. The van der Waals surface area contributed by atoms with Gasteiger partial charge in [0.1, 0.15) is 12.4 Å². The van der Waals surface area contributed by atoms with Gasteiger partial charge in [-0.3, -0.25) is 4.79 Å². The topological polar surface area (TPSA) is 41.6 Å². The van der Waals surface area contributed by atoms with Crippen molar-refractivity contribution in [2.75, 3.05) is 33.3 Å². The smallest absolute Gasteiger partial charge is 0.229 e. The summed E-state index contributed by atoms with van der Waals surface area (Å²) in [6.07, 6.45) is 3.01. The summed E-state index contributed by atoms with van der Waals surface area (Å²) in [6.45, 7) is 3.18. The molecular weight excluding hydrogens is 300 g/mol. The highest BCUT2D eigenvalue weighted by Crippen LogP contribution is 2.31. The Bertz CT molecular complexity index is 547. The molecule has 1 amide bonds. The molecule has 2 heterocycles. The fourth-order valence-electron chi connectivity index (χ4n) is 3.50. The van der Waals surface area contributed by atoms with Crippen molar-refractivity contribution in [2.24, 2.45) is 11.8 Å². The third-order valence-corrected chi connectivity index (χ3v) is 4.84. The summed E-state index contributed by atoms with van der Waals surface area (Å²) in [5, 5.41) is 3.92. The molecule has 0 saturated carbocycles. The fraction of sp³-hybridized carbons (Fsp3) is 0.588. The van der Waals surface area contributed by atoms with Gasteiger partial charge in [-0.15, -0.1) is 0 Å². The van der Waals surface area contributed by atoms with Crippen LogP contribution in [0.4, 0.5) is 0 Å². The third kappa shape index (κ3) is 3.39. The number of hydrogen-bond donors (Lipinski definition) is 1. The van der Waals surface area contributed by atoms with Gasteiger partial charge in [-0.05, 0) is 62.5 Å². The molecule has 120 valence electrons. The zero-order chi connectivity index (χ0) is 15.5. The lowest BCUT2D eigenvalue weighted by Gasteiger charge is -2.36. The van der Waals surface area contributed by atoms with E-state index in [0.717, 1.165) is 43.8 Å². The van der Waals surface area contributed by atoms with Gasteiger partial charge in [-0.2, -0.15) is 0 Å². The van der Waals surface area contributed by atoms with Gasteiger partial charge in [0.05, 0.1) is 5.92 Å². The highest BCUT2D eigenvalue weighted by atomic mass is 35.5. The summed E-state index contributed by atoms with van der Waals surface area (Å²) in [5.74, 6) is 1.57. The Hall–Kier alpha value is -1.26. The number of fused-ring (bicyclic) bond motifs is 1. The summed E-state index contributed by atoms with van der Waals surface area (Å²) < 4.78 is 5.76. The molecule has 0 aliphatic carbocycles. The fourth-order valence-corrected chi connectivity index (χ4v) is 3.70. The number of benzene rings is 1. The van der Waals surface area contributed by atoms with Crippen LogP contribution >= 0.6 is 11.6 Å². The zero-order valence-corrected chi connectivity index (χ0v) is 13.7. The van der Waals surface area contributed by atoms with Crippen LogP contribution in [-0.4, -0.2) is 44.1 Å². The Balaban J connectivity index is 1.66. The van der Waals surface area contributed by atoms with Crippen molar-refractivity contribution in [1.29, 1.82) is 0 Å². The number of ether oxygens (including phenoxy) is 1. The number of hydrogen-bond acceptors (Lipinski definition) is 3. The molecule has 0 bridgehead atoms. The number of rotatable bonds is 3. The molecule has 0 radical (unpaired) electrons. The van der Waals surface area contributed by atoms with Crippen LogP contribution in [0.2, 0.25) is 5.02 Å². The molecule has 0 aromatic heterocycles. The molecule has 1 N–H and O–H groups in total. The number of carbonyl (C=O) groups is 1. The second-order valence-electron chi connectivity index (χ2n) is 6.31. The molecule has 1 aromatic carbocycles. The lowest BCUT2D eigenvalue weighted by molar-refractivity contribution is -0.138. The van der Waals surface area contributed by atoms with Crippen molar-refractivity contribution in [3.8, 4) is 5.75 Å². The quantitative estimate of drug-likeness (QED) is 0.929. The van der Waals surface area contributed by atoms with Gasteiger partial charge >= 0.3 is 0 Å². The number of halogens is 1. The molecule has 5 heteroatoms. The van der Waals surface area contributed by atoms with Crippen molar-refractivity contribution in [3.05, 3.63) is 28.8 Å². The van der Waals surface area contributed by atoms with E-state index in [1.807, 2.05) is 30.1 Å². The Morgan fingerprint density at radius 1 is 1.50 bits per heavy atom. The minimum atomic E-state index is -0.0840. The average Bonchev–Trinajstić information content (AvgIpc) is 2.54. The molecule has 1 aromatic rings. The molecule has 3 rings (SSSR count). The van der Waals surface area contributed by atoms with E-state index in [-0.39, 0.29) is 11.8 Å². The zero-order valence-electron chi connectivity index (χ0n) is 13.0. The molecule has 0 spiro atoms. The first kappa shape index (κ1) is 15.6. The number of piperidine rings is 1. The van der Waals surface area contributed by atoms with E-state index in [4.69, 9.17) is 16.3 Å². The molecule has 1 fully saturated rings. The SMILES string of the molecule is CNC[C@H]1CCCN(C(=O)[C@H]2COc3ccc(Cl)cc3C2)C1. The number of amides is 1. The summed E-state index contributed by atoms with van der Waals surface area (Å²) in [6, 6.07) is 5.63. The lowest BCUT2D eigenvalue weighted by Crippen LogP contribution is -2.47. The molecule has 2 aliphatic heterocycles. The average molecular weight is 323 g/mol. The van der Waals surface area contributed by atoms with E-state index in [0.29, 0.717) is 17.5 Å². The van der Waals surface area contributed by atoms with Gasteiger partial charge in [0.25, 0.3) is 0 Å². The van der Waals surface area contributed by atoms with Gasteiger partial charge in [0, 0.05) is 18.1 Å². The molecule has 2 aliphatic rings. The van der Waals surface area contributed by atoms with Crippen molar-refractivity contribution >= 4 is 17.5 Å². The maximum Gasteiger partial charge on any atom is 0.229 e. The second kappa shape index (κ2) is 6.88. The Kier molecular flexibility index (Phi) is 4.89. The van der Waals surface area contributed by atoms with E-state index in [9.17, 15) is 4.79 Å². The number of carbonyl (C=O) groups excluding carboxylic acids is 1. The minimum absolute atomic E-state index is 0.0840. The molecule has 2 atom stereocenters. The second-order valence-corrected chi connectivity index (χ2v) is 6.75. The highest BCUT2D eigenvalue weighted by molar-refractivity contribution is 6.30. The normalized spacial score (nSPS) is 24.5. The Labute approximate surface area is 136 Å². The molecule has 4 nitrogen and oxygen atoms in total. The van der Waals surface area contributed by atoms with Crippen LogP contribution in [0.1, 0.15) is 18.4 Å². The first-order valence-electron chi connectivity index (χ1n) is 8.02. The van der Waals surface area contributed by atoms with Crippen molar-refractivity contribution in [3.63, 3.8) is 0 Å². The maximum absolute atomic E-state index is 12.8. The van der Waals surface area contributed by atoms with Crippen LogP contribution in [0.25, 0.3) is 0 Å². The Morgan fingerprint density at radius 2 is 2.36 bits per heavy atom. The van der Waals surface area contributed by atoms with Gasteiger partial charge in [0.15, 0.2) is 0 Å². The first-order valence-corrected chi connectivity index (χ1v) is 8.39. The monoisotopic (exact) mass is 322 g/mol. The van der Waals surface area contributed by atoms with Crippen molar-refractivity contribution in [2.45, 2.75) is 19.3 Å². The Morgan fingerprint density at radius 3 is 3.18 bits per heavy atom. The van der Waals surface area contributed by atoms with Gasteiger partial charge in [-0.1, -0.05) is 11.6 Å². The van der Waals surface area contributed by atoms with E-state index in [1.54, 1.807) is 0 Å². The lowest BCUT2D eigenvalue weighted by atomic mass is 9.92. The van der Waals surface area contributed by atoms with E-state index < -0.39 is 0 Å². The largest absolute Gasteiger partial charge is 0.492 e. The summed E-state index contributed by atoms with van der Waals surface area (Å²) in [4.78, 5) is 14.8. The third-order valence-electron chi connectivity index (χ3n) is 4.60. The summed E-state index contributed by atoms with van der Waals surface area (Å²) in [7, 11) is 1.97. The predicted octanol–water partition coefficient (Wildman–Crippen LogP) is 2.35. The highest BCUT2D eigenvalue weighted by Gasteiger charge is 2.32. The van der Waals surface area contributed by atoms with Crippen LogP contribution in [0, 0.1) is 11.8 Å². The van der Waals surface area contributed by atoms with Gasteiger partial charge in [-0.25, -0.2) is 0 Å². The van der Waals surface area contributed by atoms with E-state index in [1.165, 1.54) is 6.42 Å². The van der Waals surface area contributed by atoms with Crippen LogP contribution < -0.4 is 10.1 Å². The number of nitrogens with one attached hydrogen (secondary N) is 1. The van der Waals surface area contributed by atoms with Crippen molar-refractivity contribution in [1.82, 2.24) is 10.2 Å². The van der Waals surface area contributed by atoms with Crippen LogP contribution in [0.15, 0.2) is 18.2 Å². The van der Waals surface area contributed by atoms with Crippen LogP contribution in [0.3, 0.4) is 0 Å². The van der Waals surface area contributed by atoms with Crippen LogP contribution in [0.5, 0.6) is 5.75 Å². The number of likely N-dealkylation sites (tertiary alicyclic amines) is 1. The maximum atomic E-state index is 12.8. The predicted molar refractivity (Wildman–Crippen MR) is 87.4 cm³/mol.